The number of nitriles is 1. The summed E-state index contributed by atoms with van der Waals surface area (Å²) in [6.07, 6.45) is 8.44. The van der Waals surface area contributed by atoms with E-state index in [1.54, 1.807) is 0 Å². The molecule has 0 spiro atoms. The summed E-state index contributed by atoms with van der Waals surface area (Å²) in [6.45, 7) is 0. The minimum atomic E-state index is 0.369. The van der Waals surface area contributed by atoms with Crippen LogP contribution in [0.3, 0.4) is 0 Å². The molecule has 1 aromatic heterocycles. The second-order valence-electron chi connectivity index (χ2n) is 12.3. The molecule has 40 heavy (non-hydrogen) atoms. The molecule has 0 unspecified atom stereocenters. The number of rotatable bonds is 4. The van der Waals surface area contributed by atoms with Crippen molar-refractivity contribution in [3.8, 4) is 40.2 Å². The van der Waals surface area contributed by atoms with Gasteiger partial charge in [0, 0.05) is 22.1 Å². The minimum absolute atomic E-state index is 0.369. The predicted molar refractivity (Wildman–Crippen MR) is 158 cm³/mol. The molecular formula is C36H30N4. The summed E-state index contributed by atoms with van der Waals surface area (Å²) in [5.74, 6) is 4.72. The van der Waals surface area contributed by atoms with Gasteiger partial charge in [0.05, 0.1) is 11.6 Å². The molecule has 4 heteroatoms. The van der Waals surface area contributed by atoms with Crippen LogP contribution in [0.15, 0.2) is 91.0 Å². The van der Waals surface area contributed by atoms with Crippen LogP contribution in [0.2, 0.25) is 0 Å². The number of nitrogens with zero attached hydrogens (tertiary/aromatic N) is 4. The summed E-state index contributed by atoms with van der Waals surface area (Å²) in [6, 6.07) is 33.4. The van der Waals surface area contributed by atoms with Crippen molar-refractivity contribution in [2.45, 2.75) is 43.9 Å². The highest BCUT2D eigenvalue weighted by molar-refractivity contribution is 5.98. The van der Waals surface area contributed by atoms with Crippen LogP contribution in [0.5, 0.6) is 0 Å². The molecule has 5 aromatic rings. The Balaban J connectivity index is 1.24. The van der Waals surface area contributed by atoms with Crippen molar-refractivity contribution >= 4 is 10.8 Å². The van der Waals surface area contributed by atoms with Crippen LogP contribution in [-0.4, -0.2) is 15.0 Å². The van der Waals surface area contributed by atoms with Crippen LogP contribution in [0, 0.1) is 29.1 Å². The average molecular weight is 519 g/mol. The summed E-state index contributed by atoms with van der Waals surface area (Å²) < 4.78 is 0. The molecule has 4 nitrogen and oxygen atoms in total. The lowest BCUT2D eigenvalue weighted by Gasteiger charge is -2.57. The quantitative estimate of drug-likeness (QED) is 0.240. The summed E-state index contributed by atoms with van der Waals surface area (Å²) in [7, 11) is 0. The van der Waals surface area contributed by atoms with Gasteiger partial charge in [-0.3, -0.25) is 0 Å². The second-order valence-corrected chi connectivity index (χ2v) is 12.3. The van der Waals surface area contributed by atoms with Crippen LogP contribution in [-0.2, 0) is 5.41 Å². The molecule has 0 radical (unpaired) electrons. The van der Waals surface area contributed by atoms with E-state index >= 15 is 0 Å². The van der Waals surface area contributed by atoms with Crippen LogP contribution in [0.1, 0.15) is 49.7 Å². The van der Waals surface area contributed by atoms with Crippen molar-refractivity contribution in [2.75, 3.05) is 0 Å². The maximum absolute atomic E-state index is 9.68. The summed E-state index contributed by atoms with van der Waals surface area (Å²) in [5, 5.41) is 11.6. The fraction of sp³-hybridized carbons (Fsp3) is 0.278. The van der Waals surface area contributed by atoms with Gasteiger partial charge < -0.3 is 0 Å². The molecule has 4 aliphatic carbocycles. The number of hydrogen-bond donors (Lipinski definition) is 0. The lowest BCUT2D eigenvalue weighted by Crippen LogP contribution is -2.48. The second kappa shape index (κ2) is 9.10. The first-order valence-corrected chi connectivity index (χ1v) is 14.5. The number of hydrogen-bond acceptors (Lipinski definition) is 4. The van der Waals surface area contributed by atoms with E-state index in [0.717, 1.165) is 45.2 Å². The Hall–Kier alpha value is -4.36. The Bertz CT molecular complexity index is 1750. The molecule has 1 heterocycles. The maximum atomic E-state index is 9.68. The van der Waals surface area contributed by atoms with E-state index < -0.39 is 0 Å². The predicted octanol–water partition coefficient (Wildman–Crippen LogP) is 8.37. The molecule has 4 fully saturated rings. The van der Waals surface area contributed by atoms with Gasteiger partial charge in [0.25, 0.3) is 0 Å². The zero-order valence-electron chi connectivity index (χ0n) is 22.4. The highest BCUT2D eigenvalue weighted by Gasteiger charge is 2.51. The third kappa shape index (κ3) is 3.84. The van der Waals surface area contributed by atoms with Gasteiger partial charge in [-0.2, -0.15) is 5.26 Å². The third-order valence-electron chi connectivity index (χ3n) is 9.75. The zero-order chi connectivity index (χ0) is 26.7. The van der Waals surface area contributed by atoms with E-state index in [0.29, 0.717) is 28.5 Å². The van der Waals surface area contributed by atoms with Crippen molar-refractivity contribution in [3.05, 3.63) is 102 Å². The first kappa shape index (κ1) is 23.5. The van der Waals surface area contributed by atoms with E-state index in [9.17, 15) is 5.26 Å². The first-order valence-electron chi connectivity index (χ1n) is 14.5. The Morgan fingerprint density at radius 2 is 1.12 bits per heavy atom. The van der Waals surface area contributed by atoms with Gasteiger partial charge in [-0.25, -0.2) is 15.0 Å². The number of aromatic nitrogens is 3. The van der Waals surface area contributed by atoms with Gasteiger partial charge in [-0.05, 0) is 84.8 Å². The molecule has 4 saturated carbocycles. The maximum Gasteiger partial charge on any atom is 0.164 e. The molecule has 4 aliphatic rings. The van der Waals surface area contributed by atoms with E-state index in [1.807, 2.05) is 66.7 Å². The summed E-state index contributed by atoms with van der Waals surface area (Å²) in [4.78, 5) is 14.9. The molecule has 9 rings (SSSR count). The van der Waals surface area contributed by atoms with Crippen LogP contribution < -0.4 is 0 Å². The average Bonchev–Trinajstić information content (AvgIpc) is 3.00. The Labute approximate surface area is 234 Å². The van der Waals surface area contributed by atoms with E-state index in [1.165, 1.54) is 44.1 Å². The topological polar surface area (TPSA) is 62.5 Å². The Morgan fingerprint density at radius 3 is 1.75 bits per heavy atom. The zero-order valence-corrected chi connectivity index (χ0v) is 22.4. The highest BCUT2D eigenvalue weighted by Crippen LogP contribution is 2.60. The third-order valence-corrected chi connectivity index (χ3v) is 9.75. The number of benzene rings is 4. The number of fused-ring (bicyclic) bond motifs is 1. The molecule has 0 saturated heterocycles. The van der Waals surface area contributed by atoms with Crippen molar-refractivity contribution in [1.29, 1.82) is 5.26 Å². The fourth-order valence-corrected chi connectivity index (χ4v) is 8.37. The van der Waals surface area contributed by atoms with Crippen LogP contribution >= 0.6 is 0 Å². The highest BCUT2D eigenvalue weighted by atomic mass is 15.0. The summed E-state index contributed by atoms with van der Waals surface area (Å²) >= 11 is 0. The largest absolute Gasteiger partial charge is 0.208 e. The summed E-state index contributed by atoms with van der Waals surface area (Å²) in [5.41, 5.74) is 5.39. The van der Waals surface area contributed by atoms with Crippen LogP contribution in [0.25, 0.3) is 44.9 Å². The van der Waals surface area contributed by atoms with E-state index in [2.05, 4.69) is 30.3 Å². The first-order chi connectivity index (χ1) is 19.7. The molecule has 4 bridgehead atoms. The minimum Gasteiger partial charge on any atom is -0.208 e. The van der Waals surface area contributed by atoms with Crippen molar-refractivity contribution in [1.82, 2.24) is 15.0 Å². The molecule has 0 N–H and O–H groups in total. The van der Waals surface area contributed by atoms with E-state index in [4.69, 9.17) is 15.0 Å². The molecule has 4 aromatic carbocycles. The van der Waals surface area contributed by atoms with Crippen molar-refractivity contribution in [2.24, 2.45) is 17.8 Å². The van der Waals surface area contributed by atoms with Gasteiger partial charge >= 0.3 is 0 Å². The molecule has 0 atom stereocenters. The molecule has 0 aliphatic heterocycles. The lowest BCUT2D eigenvalue weighted by molar-refractivity contribution is -0.00518. The molecule has 0 amide bonds. The van der Waals surface area contributed by atoms with Crippen molar-refractivity contribution < 1.29 is 0 Å². The SMILES string of the molecule is N#Cc1ccc(-c2nc(-c3ccccc3)nc(-c3ccc(C45CC6CC(CC(C6)C4)C5)cc3)n2)c2ccccc12. The van der Waals surface area contributed by atoms with Gasteiger partial charge in [0.15, 0.2) is 17.5 Å². The lowest BCUT2D eigenvalue weighted by atomic mass is 9.48. The monoisotopic (exact) mass is 518 g/mol. The normalized spacial score (nSPS) is 24.7. The Morgan fingerprint density at radius 1 is 0.575 bits per heavy atom. The van der Waals surface area contributed by atoms with Crippen molar-refractivity contribution in [3.63, 3.8) is 0 Å². The van der Waals surface area contributed by atoms with Crippen LogP contribution in [0.4, 0.5) is 0 Å². The van der Waals surface area contributed by atoms with Gasteiger partial charge in [0.2, 0.25) is 0 Å². The molecule has 194 valence electrons. The van der Waals surface area contributed by atoms with Gasteiger partial charge in [0.1, 0.15) is 0 Å². The van der Waals surface area contributed by atoms with E-state index in [-0.39, 0.29) is 0 Å². The van der Waals surface area contributed by atoms with Gasteiger partial charge in [-0.15, -0.1) is 0 Å². The Kier molecular flexibility index (Phi) is 5.35. The van der Waals surface area contributed by atoms with Gasteiger partial charge in [-0.1, -0.05) is 78.9 Å². The smallest absolute Gasteiger partial charge is 0.164 e. The standard InChI is InChI=1S/C36H30N4/c37-22-28-12-15-32(31-9-5-4-8-30(28)31)35-39-33(26-6-2-1-3-7-26)38-34(40-35)27-10-13-29(14-11-27)36-19-23-16-24(20-36)18-25(17-23)21-36/h1-15,23-25H,16-21H2. The fourth-order valence-electron chi connectivity index (χ4n) is 8.37. The molecular weight excluding hydrogens is 488 g/mol.